The Balaban J connectivity index is 1.73. The highest BCUT2D eigenvalue weighted by molar-refractivity contribution is 5.89. The van der Waals surface area contributed by atoms with Crippen molar-refractivity contribution in [1.82, 2.24) is 5.32 Å². The lowest BCUT2D eigenvalue weighted by molar-refractivity contribution is 0.0187. The van der Waals surface area contributed by atoms with Crippen molar-refractivity contribution < 1.29 is 9.53 Å². The van der Waals surface area contributed by atoms with Gasteiger partial charge in [0.05, 0.1) is 6.10 Å². The van der Waals surface area contributed by atoms with Gasteiger partial charge in [-0.2, -0.15) is 0 Å². The highest BCUT2D eigenvalue weighted by atomic mass is 16.5. The van der Waals surface area contributed by atoms with Gasteiger partial charge in [-0.05, 0) is 43.5 Å². The predicted octanol–water partition coefficient (Wildman–Crippen LogP) is 1.96. The molecule has 0 radical (unpaired) electrons. The fraction of sp³-hybridized carbons (Fsp3) is 0.462. The standard InChI is InChI=1S/C13H19N3O2/c14-10-4-6-11(7-5-10)16-13(17)15-9-12-3-1-2-8-18-12/h4-7,12H,1-3,8-9,14H2,(H2,15,16,17). The van der Waals surface area contributed by atoms with Gasteiger partial charge < -0.3 is 21.1 Å². The molecular formula is C13H19N3O2. The highest BCUT2D eigenvalue weighted by Gasteiger charge is 2.14. The Kier molecular flexibility index (Phi) is 4.41. The van der Waals surface area contributed by atoms with Crippen molar-refractivity contribution >= 4 is 17.4 Å². The van der Waals surface area contributed by atoms with Crippen LogP contribution in [0, 0.1) is 0 Å². The molecule has 0 bridgehead atoms. The minimum Gasteiger partial charge on any atom is -0.399 e. The number of carbonyl (C=O) groups is 1. The largest absolute Gasteiger partial charge is 0.399 e. The monoisotopic (exact) mass is 249 g/mol. The average molecular weight is 249 g/mol. The number of rotatable bonds is 3. The van der Waals surface area contributed by atoms with Crippen molar-refractivity contribution in [1.29, 1.82) is 0 Å². The molecule has 1 unspecified atom stereocenters. The summed E-state index contributed by atoms with van der Waals surface area (Å²) in [6.07, 6.45) is 3.46. The van der Waals surface area contributed by atoms with Crippen LogP contribution < -0.4 is 16.4 Å². The first kappa shape index (κ1) is 12.7. The number of nitrogens with one attached hydrogen (secondary N) is 2. The molecule has 0 aromatic heterocycles. The number of nitrogen functional groups attached to an aromatic ring is 1. The zero-order chi connectivity index (χ0) is 12.8. The summed E-state index contributed by atoms with van der Waals surface area (Å²) in [5.41, 5.74) is 6.97. The molecule has 1 saturated heterocycles. The number of amides is 2. The molecule has 98 valence electrons. The number of urea groups is 1. The second-order valence-corrected chi connectivity index (χ2v) is 4.45. The molecule has 5 heteroatoms. The maximum absolute atomic E-state index is 11.6. The van der Waals surface area contributed by atoms with Crippen LogP contribution in [0.15, 0.2) is 24.3 Å². The van der Waals surface area contributed by atoms with E-state index >= 15 is 0 Å². The Bertz CT molecular complexity index is 386. The molecular weight excluding hydrogens is 230 g/mol. The van der Waals surface area contributed by atoms with E-state index in [1.807, 2.05) is 0 Å². The van der Waals surface area contributed by atoms with Gasteiger partial charge in [0.15, 0.2) is 0 Å². The molecule has 2 rings (SSSR count). The predicted molar refractivity (Wildman–Crippen MR) is 71.5 cm³/mol. The first-order valence-electron chi connectivity index (χ1n) is 6.26. The lowest BCUT2D eigenvalue weighted by Crippen LogP contribution is -2.37. The minimum absolute atomic E-state index is 0.149. The molecule has 18 heavy (non-hydrogen) atoms. The molecule has 0 aliphatic carbocycles. The molecule has 4 N–H and O–H groups in total. The molecule has 1 aliphatic rings. The Morgan fingerprint density at radius 1 is 1.33 bits per heavy atom. The number of benzene rings is 1. The molecule has 1 aliphatic heterocycles. The van der Waals surface area contributed by atoms with Crippen LogP contribution in [0.5, 0.6) is 0 Å². The molecule has 1 atom stereocenters. The third kappa shape index (κ3) is 3.92. The summed E-state index contributed by atoms with van der Waals surface area (Å²) in [6.45, 7) is 1.35. The second kappa shape index (κ2) is 6.26. The number of carbonyl (C=O) groups excluding carboxylic acids is 1. The van der Waals surface area contributed by atoms with Gasteiger partial charge in [0.2, 0.25) is 0 Å². The molecule has 1 heterocycles. The van der Waals surface area contributed by atoms with Crippen LogP contribution in [0.3, 0.4) is 0 Å². The lowest BCUT2D eigenvalue weighted by Gasteiger charge is -2.22. The van der Waals surface area contributed by atoms with Crippen LogP contribution in [-0.4, -0.2) is 25.3 Å². The first-order chi connectivity index (χ1) is 8.74. The van der Waals surface area contributed by atoms with E-state index in [9.17, 15) is 4.79 Å². The van der Waals surface area contributed by atoms with E-state index in [0.29, 0.717) is 12.2 Å². The number of hydrogen-bond donors (Lipinski definition) is 3. The second-order valence-electron chi connectivity index (χ2n) is 4.45. The summed E-state index contributed by atoms with van der Waals surface area (Å²) in [5, 5.41) is 5.56. The van der Waals surface area contributed by atoms with Gasteiger partial charge in [0, 0.05) is 24.5 Å². The molecule has 0 spiro atoms. The van der Waals surface area contributed by atoms with Crippen LogP contribution in [0.25, 0.3) is 0 Å². The van der Waals surface area contributed by atoms with Gasteiger partial charge in [0.1, 0.15) is 0 Å². The van der Waals surface area contributed by atoms with Crippen LogP contribution >= 0.6 is 0 Å². The highest BCUT2D eigenvalue weighted by Crippen LogP contribution is 2.12. The van der Waals surface area contributed by atoms with Crippen molar-refractivity contribution in [2.45, 2.75) is 25.4 Å². The van der Waals surface area contributed by atoms with Crippen LogP contribution in [0.1, 0.15) is 19.3 Å². The van der Waals surface area contributed by atoms with Crippen molar-refractivity contribution in [2.24, 2.45) is 0 Å². The maximum atomic E-state index is 11.6. The quantitative estimate of drug-likeness (QED) is 0.717. The summed E-state index contributed by atoms with van der Waals surface area (Å²) in [5.74, 6) is 0. The summed E-state index contributed by atoms with van der Waals surface area (Å²) >= 11 is 0. The number of hydrogen-bond acceptors (Lipinski definition) is 3. The van der Waals surface area contributed by atoms with E-state index < -0.39 is 0 Å². The van der Waals surface area contributed by atoms with Gasteiger partial charge >= 0.3 is 6.03 Å². The SMILES string of the molecule is Nc1ccc(NC(=O)NCC2CCCCO2)cc1. The van der Waals surface area contributed by atoms with Crippen molar-refractivity contribution in [3.8, 4) is 0 Å². The number of ether oxygens (including phenoxy) is 1. The Morgan fingerprint density at radius 2 is 2.11 bits per heavy atom. The molecule has 0 saturated carbocycles. The van der Waals surface area contributed by atoms with E-state index in [1.165, 1.54) is 6.42 Å². The van der Waals surface area contributed by atoms with Crippen molar-refractivity contribution in [2.75, 3.05) is 24.2 Å². The smallest absolute Gasteiger partial charge is 0.319 e. The molecule has 2 amide bonds. The molecule has 5 nitrogen and oxygen atoms in total. The third-order valence-electron chi connectivity index (χ3n) is 2.93. The fourth-order valence-corrected chi connectivity index (χ4v) is 1.92. The Hall–Kier alpha value is -1.75. The molecule has 1 aromatic rings. The normalized spacial score (nSPS) is 19.2. The van der Waals surface area contributed by atoms with Gasteiger partial charge in [-0.15, -0.1) is 0 Å². The van der Waals surface area contributed by atoms with E-state index in [0.717, 1.165) is 25.1 Å². The zero-order valence-electron chi connectivity index (χ0n) is 10.3. The van der Waals surface area contributed by atoms with Crippen LogP contribution in [0.2, 0.25) is 0 Å². The molecule has 1 fully saturated rings. The van der Waals surface area contributed by atoms with E-state index in [4.69, 9.17) is 10.5 Å². The average Bonchev–Trinajstić information content (AvgIpc) is 2.40. The van der Waals surface area contributed by atoms with Gasteiger partial charge in [-0.1, -0.05) is 0 Å². The Labute approximate surface area is 107 Å². The van der Waals surface area contributed by atoms with E-state index in [-0.39, 0.29) is 12.1 Å². The lowest BCUT2D eigenvalue weighted by atomic mass is 10.1. The maximum Gasteiger partial charge on any atom is 0.319 e. The summed E-state index contributed by atoms with van der Waals surface area (Å²) in [6, 6.07) is 6.83. The number of nitrogens with two attached hydrogens (primary N) is 1. The van der Waals surface area contributed by atoms with Crippen molar-refractivity contribution in [3.05, 3.63) is 24.3 Å². The van der Waals surface area contributed by atoms with Gasteiger partial charge in [-0.3, -0.25) is 0 Å². The van der Waals surface area contributed by atoms with Crippen LogP contribution in [0.4, 0.5) is 16.2 Å². The fourth-order valence-electron chi connectivity index (χ4n) is 1.92. The van der Waals surface area contributed by atoms with E-state index in [2.05, 4.69) is 10.6 Å². The molecule has 1 aromatic carbocycles. The van der Waals surface area contributed by atoms with Gasteiger partial charge in [-0.25, -0.2) is 4.79 Å². The third-order valence-corrected chi connectivity index (χ3v) is 2.93. The van der Waals surface area contributed by atoms with E-state index in [1.54, 1.807) is 24.3 Å². The summed E-state index contributed by atoms with van der Waals surface area (Å²) in [4.78, 5) is 11.6. The summed E-state index contributed by atoms with van der Waals surface area (Å²) in [7, 11) is 0. The zero-order valence-corrected chi connectivity index (χ0v) is 10.3. The van der Waals surface area contributed by atoms with Crippen LogP contribution in [-0.2, 0) is 4.74 Å². The summed E-state index contributed by atoms with van der Waals surface area (Å²) < 4.78 is 5.54. The first-order valence-corrected chi connectivity index (χ1v) is 6.26. The minimum atomic E-state index is -0.214. The topological polar surface area (TPSA) is 76.4 Å². The van der Waals surface area contributed by atoms with Crippen molar-refractivity contribution in [3.63, 3.8) is 0 Å². The Morgan fingerprint density at radius 3 is 2.78 bits per heavy atom. The van der Waals surface area contributed by atoms with Gasteiger partial charge in [0.25, 0.3) is 0 Å². The number of anilines is 2.